The summed E-state index contributed by atoms with van der Waals surface area (Å²) in [6.45, 7) is 4.66. The number of hydrogen-bond donors (Lipinski definition) is 0. The molecule has 2 nitrogen and oxygen atoms in total. The van der Waals surface area contributed by atoms with Crippen LogP contribution in [0, 0.1) is 0 Å². The number of carbonyl (C=O) groups excluding carboxylic acids is 1. The Morgan fingerprint density at radius 2 is 1.37 bits per heavy atom. The molecule has 0 rings (SSSR count). The zero-order valence-electron chi connectivity index (χ0n) is 12.8. The normalized spacial score (nSPS) is 12.4. The smallest absolute Gasteiger partial charge is 0.324 e. The highest BCUT2D eigenvalue weighted by Gasteiger charge is 2.13. The lowest BCUT2D eigenvalue weighted by Crippen LogP contribution is -2.17. The fourth-order valence-corrected chi connectivity index (χ4v) is 2.08. The average molecular weight is 291 g/mol. The average Bonchev–Trinajstić information content (AvgIpc) is 2.43. The van der Waals surface area contributed by atoms with Gasteiger partial charge in [0.05, 0.1) is 6.61 Å². The van der Waals surface area contributed by atoms with Crippen LogP contribution < -0.4 is 0 Å². The molecule has 19 heavy (non-hydrogen) atoms. The van der Waals surface area contributed by atoms with Crippen molar-refractivity contribution in [3.63, 3.8) is 0 Å². The summed E-state index contributed by atoms with van der Waals surface area (Å²) in [5, 5.41) is -0.469. The predicted molar refractivity (Wildman–Crippen MR) is 82.7 cm³/mol. The van der Waals surface area contributed by atoms with E-state index >= 15 is 0 Å². The minimum atomic E-state index is -0.469. The third kappa shape index (κ3) is 12.5. The van der Waals surface area contributed by atoms with Gasteiger partial charge < -0.3 is 4.74 Å². The fourth-order valence-electron chi connectivity index (χ4n) is 2.02. The van der Waals surface area contributed by atoms with Crippen LogP contribution in [0.1, 0.15) is 84.5 Å². The molecule has 0 aliphatic rings. The SMILES string of the molecule is CCCCCCCCCCCCOC(=O)C(Cl)CC. The van der Waals surface area contributed by atoms with Crippen molar-refractivity contribution >= 4 is 17.6 Å². The van der Waals surface area contributed by atoms with Crippen molar-refractivity contribution in [2.75, 3.05) is 6.61 Å². The van der Waals surface area contributed by atoms with Crippen molar-refractivity contribution in [1.82, 2.24) is 0 Å². The molecular formula is C16H31ClO2. The summed E-state index contributed by atoms with van der Waals surface area (Å²) < 4.78 is 5.10. The van der Waals surface area contributed by atoms with Crippen molar-refractivity contribution in [2.24, 2.45) is 0 Å². The van der Waals surface area contributed by atoms with Gasteiger partial charge in [-0.05, 0) is 12.8 Å². The molecule has 0 radical (unpaired) electrons. The molecule has 0 N–H and O–H groups in total. The van der Waals surface area contributed by atoms with E-state index in [1.165, 1.54) is 51.4 Å². The number of ether oxygens (including phenoxy) is 1. The van der Waals surface area contributed by atoms with Crippen LogP contribution in [0.5, 0.6) is 0 Å². The van der Waals surface area contributed by atoms with E-state index in [2.05, 4.69) is 6.92 Å². The number of esters is 1. The van der Waals surface area contributed by atoms with Crippen molar-refractivity contribution < 1.29 is 9.53 Å². The second-order valence-electron chi connectivity index (χ2n) is 5.23. The van der Waals surface area contributed by atoms with E-state index in [9.17, 15) is 4.79 Å². The van der Waals surface area contributed by atoms with Crippen LogP contribution in [-0.2, 0) is 9.53 Å². The Balaban J connectivity index is 3.13. The van der Waals surface area contributed by atoms with Gasteiger partial charge in [0.1, 0.15) is 5.38 Å². The molecule has 0 heterocycles. The number of alkyl halides is 1. The van der Waals surface area contributed by atoms with Crippen LogP contribution in [0.2, 0.25) is 0 Å². The molecule has 1 atom stereocenters. The van der Waals surface area contributed by atoms with Gasteiger partial charge in [-0.2, -0.15) is 0 Å². The molecule has 0 aromatic heterocycles. The monoisotopic (exact) mass is 290 g/mol. The van der Waals surface area contributed by atoms with Gasteiger partial charge in [-0.25, -0.2) is 0 Å². The number of unbranched alkanes of at least 4 members (excludes halogenated alkanes) is 9. The Hall–Kier alpha value is -0.240. The molecule has 114 valence electrons. The largest absolute Gasteiger partial charge is 0.465 e. The Bertz CT molecular complexity index is 207. The molecule has 0 aliphatic heterocycles. The van der Waals surface area contributed by atoms with E-state index < -0.39 is 5.38 Å². The maximum atomic E-state index is 11.3. The number of halogens is 1. The van der Waals surface area contributed by atoms with Crippen molar-refractivity contribution in [3.8, 4) is 0 Å². The predicted octanol–water partition coefficient (Wildman–Crippen LogP) is 5.47. The standard InChI is InChI=1S/C16H31ClO2/c1-3-5-6-7-8-9-10-11-12-13-14-19-16(18)15(17)4-2/h15H,3-14H2,1-2H3. The van der Waals surface area contributed by atoms with Gasteiger partial charge in [-0.3, -0.25) is 4.79 Å². The van der Waals surface area contributed by atoms with Gasteiger partial charge >= 0.3 is 5.97 Å². The second kappa shape index (κ2) is 14.2. The summed E-state index contributed by atoms with van der Waals surface area (Å²) in [6, 6.07) is 0. The molecule has 0 amide bonds. The van der Waals surface area contributed by atoms with E-state index in [-0.39, 0.29) is 5.97 Å². The third-order valence-corrected chi connectivity index (χ3v) is 3.84. The first-order valence-corrected chi connectivity index (χ1v) is 8.46. The quantitative estimate of drug-likeness (QED) is 0.255. The van der Waals surface area contributed by atoms with E-state index in [0.717, 1.165) is 12.8 Å². The lowest BCUT2D eigenvalue weighted by atomic mass is 10.1. The highest BCUT2D eigenvalue weighted by Crippen LogP contribution is 2.11. The molecule has 0 aromatic rings. The van der Waals surface area contributed by atoms with Crippen LogP contribution in [0.15, 0.2) is 0 Å². The highest BCUT2D eigenvalue weighted by molar-refractivity contribution is 6.29. The lowest BCUT2D eigenvalue weighted by molar-refractivity contribution is -0.143. The van der Waals surface area contributed by atoms with Crippen LogP contribution in [0.25, 0.3) is 0 Å². The Labute approximate surface area is 124 Å². The summed E-state index contributed by atoms with van der Waals surface area (Å²) in [5.74, 6) is -0.264. The minimum absolute atomic E-state index is 0.264. The van der Waals surface area contributed by atoms with Crippen molar-refractivity contribution in [3.05, 3.63) is 0 Å². The second-order valence-corrected chi connectivity index (χ2v) is 5.75. The molecule has 0 saturated heterocycles. The Kier molecular flexibility index (Phi) is 14.0. The lowest BCUT2D eigenvalue weighted by Gasteiger charge is -2.07. The maximum absolute atomic E-state index is 11.3. The van der Waals surface area contributed by atoms with Crippen LogP contribution >= 0.6 is 11.6 Å². The van der Waals surface area contributed by atoms with E-state index in [1.807, 2.05) is 6.92 Å². The van der Waals surface area contributed by atoms with Crippen molar-refractivity contribution in [1.29, 1.82) is 0 Å². The highest BCUT2D eigenvalue weighted by atomic mass is 35.5. The summed E-state index contributed by atoms with van der Waals surface area (Å²) in [5.41, 5.74) is 0. The molecular weight excluding hydrogens is 260 g/mol. The Morgan fingerprint density at radius 3 is 1.84 bits per heavy atom. The molecule has 0 spiro atoms. The Morgan fingerprint density at radius 1 is 0.895 bits per heavy atom. The molecule has 0 fully saturated rings. The van der Waals surface area contributed by atoms with Gasteiger partial charge in [0.15, 0.2) is 0 Å². The summed E-state index contributed by atoms with van der Waals surface area (Å²) in [7, 11) is 0. The van der Waals surface area contributed by atoms with E-state index in [0.29, 0.717) is 13.0 Å². The third-order valence-electron chi connectivity index (χ3n) is 3.36. The van der Waals surface area contributed by atoms with Gasteiger partial charge in [0, 0.05) is 0 Å². The molecule has 0 saturated carbocycles. The zero-order valence-corrected chi connectivity index (χ0v) is 13.5. The summed E-state index contributed by atoms with van der Waals surface area (Å²) in [6.07, 6.45) is 13.5. The first-order valence-electron chi connectivity index (χ1n) is 8.03. The first kappa shape index (κ1) is 18.8. The molecule has 3 heteroatoms. The number of carbonyl (C=O) groups is 1. The van der Waals surface area contributed by atoms with Crippen molar-refractivity contribution in [2.45, 2.75) is 89.9 Å². The zero-order chi connectivity index (χ0) is 14.3. The molecule has 1 unspecified atom stereocenters. The van der Waals surface area contributed by atoms with Crippen LogP contribution in [0.4, 0.5) is 0 Å². The topological polar surface area (TPSA) is 26.3 Å². The maximum Gasteiger partial charge on any atom is 0.324 e. The molecule has 0 aliphatic carbocycles. The van der Waals surface area contributed by atoms with E-state index in [4.69, 9.17) is 16.3 Å². The van der Waals surface area contributed by atoms with Gasteiger partial charge in [0.2, 0.25) is 0 Å². The number of rotatable bonds is 13. The summed E-state index contributed by atoms with van der Waals surface area (Å²) >= 11 is 5.77. The molecule has 0 aromatic carbocycles. The first-order chi connectivity index (χ1) is 9.22. The summed E-state index contributed by atoms with van der Waals surface area (Å²) in [4.78, 5) is 11.3. The number of hydrogen-bond acceptors (Lipinski definition) is 2. The fraction of sp³-hybridized carbons (Fsp3) is 0.938. The van der Waals surface area contributed by atoms with Gasteiger partial charge in [0.25, 0.3) is 0 Å². The van der Waals surface area contributed by atoms with Gasteiger partial charge in [-0.1, -0.05) is 71.6 Å². The van der Waals surface area contributed by atoms with E-state index in [1.54, 1.807) is 0 Å². The molecule has 0 bridgehead atoms. The van der Waals surface area contributed by atoms with Gasteiger partial charge in [-0.15, -0.1) is 11.6 Å². The van der Waals surface area contributed by atoms with Crippen LogP contribution in [0.3, 0.4) is 0 Å². The van der Waals surface area contributed by atoms with Crippen LogP contribution in [-0.4, -0.2) is 18.0 Å². The minimum Gasteiger partial charge on any atom is -0.465 e.